The van der Waals surface area contributed by atoms with Gasteiger partial charge in [-0.25, -0.2) is 4.98 Å². The first-order chi connectivity index (χ1) is 10.3. The number of imidazole rings is 1. The van der Waals surface area contributed by atoms with E-state index in [1.54, 1.807) is 0 Å². The summed E-state index contributed by atoms with van der Waals surface area (Å²) in [6.07, 6.45) is 4.16. The number of fused-ring (bicyclic) bond motifs is 1. The molecule has 0 saturated heterocycles. The lowest BCUT2D eigenvalue weighted by atomic mass is 10.1. The molecule has 0 saturated carbocycles. The largest absolute Gasteiger partial charge is 0.325 e. The maximum Gasteiger partial charge on any atom is 0.133 e. The fraction of sp³-hybridized carbons (Fsp3) is 0.167. The van der Waals surface area contributed by atoms with Gasteiger partial charge in [0.15, 0.2) is 0 Å². The quantitative estimate of drug-likeness (QED) is 0.622. The molecule has 0 aliphatic rings. The third-order valence-corrected chi connectivity index (χ3v) is 3.87. The molecular weight excluding hydrogens is 280 g/mol. The zero-order valence-corrected chi connectivity index (χ0v) is 12.7. The summed E-state index contributed by atoms with van der Waals surface area (Å²) in [7, 11) is 0. The first-order valence-corrected chi connectivity index (χ1v) is 7.63. The topological polar surface area (TPSA) is 17.8 Å². The van der Waals surface area contributed by atoms with Crippen molar-refractivity contribution in [3.8, 4) is 0 Å². The predicted octanol–water partition coefficient (Wildman–Crippen LogP) is 4.97. The van der Waals surface area contributed by atoms with Crippen LogP contribution in [0.4, 0.5) is 0 Å². The lowest BCUT2D eigenvalue weighted by Crippen LogP contribution is -1.96. The van der Waals surface area contributed by atoms with Crippen molar-refractivity contribution < 1.29 is 0 Å². The molecule has 2 nitrogen and oxygen atoms in total. The molecule has 0 aliphatic carbocycles. The van der Waals surface area contributed by atoms with E-state index in [9.17, 15) is 0 Å². The number of hydrogen-bond acceptors (Lipinski definition) is 1. The lowest BCUT2D eigenvalue weighted by molar-refractivity contribution is 0.777. The van der Waals surface area contributed by atoms with Gasteiger partial charge in [-0.2, -0.15) is 0 Å². The van der Waals surface area contributed by atoms with E-state index in [4.69, 9.17) is 11.6 Å². The SMILES string of the molecule is CCn1c(/C=C/c2ccc(CCl)cc2)nc2ccccc21. The zero-order valence-electron chi connectivity index (χ0n) is 12.0. The molecule has 3 heteroatoms. The van der Waals surface area contributed by atoms with Gasteiger partial charge in [0.05, 0.1) is 11.0 Å². The van der Waals surface area contributed by atoms with Crippen LogP contribution in [0.5, 0.6) is 0 Å². The Kier molecular flexibility index (Phi) is 4.07. The Morgan fingerprint density at radius 2 is 1.81 bits per heavy atom. The summed E-state index contributed by atoms with van der Waals surface area (Å²) in [6.45, 7) is 3.05. The molecule has 0 bridgehead atoms. The maximum atomic E-state index is 5.81. The third-order valence-electron chi connectivity index (χ3n) is 3.56. The van der Waals surface area contributed by atoms with E-state index >= 15 is 0 Å². The van der Waals surface area contributed by atoms with E-state index in [0.29, 0.717) is 5.88 Å². The van der Waals surface area contributed by atoms with Gasteiger partial charge < -0.3 is 4.57 Å². The second-order valence-corrected chi connectivity index (χ2v) is 5.18. The zero-order chi connectivity index (χ0) is 14.7. The normalized spacial score (nSPS) is 11.5. The Hall–Kier alpha value is -2.06. The summed E-state index contributed by atoms with van der Waals surface area (Å²) < 4.78 is 2.22. The molecule has 3 aromatic rings. The average Bonchev–Trinajstić information content (AvgIpc) is 2.91. The van der Waals surface area contributed by atoms with Crippen LogP contribution in [-0.4, -0.2) is 9.55 Å². The van der Waals surface area contributed by atoms with Crippen molar-refractivity contribution in [1.29, 1.82) is 0 Å². The summed E-state index contributed by atoms with van der Waals surface area (Å²) in [4.78, 5) is 4.69. The van der Waals surface area contributed by atoms with Gasteiger partial charge >= 0.3 is 0 Å². The molecule has 0 fully saturated rings. The van der Waals surface area contributed by atoms with Crippen molar-refractivity contribution in [2.24, 2.45) is 0 Å². The van der Waals surface area contributed by atoms with Crippen molar-refractivity contribution in [2.45, 2.75) is 19.3 Å². The smallest absolute Gasteiger partial charge is 0.133 e. The third kappa shape index (κ3) is 2.86. The van der Waals surface area contributed by atoms with E-state index in [1.807, 2.05) is 12.1 Å². The van der Waals surface area contributed by atoms with E-state index < -0.39 is 0 Å². The van der Waals surface area contributed by atoms with Gasteiger partial charge in [0.2, 0.25) is 0 Å². The Bertz CT molecular complexity index is 770. The molecule has 3 rings (SSSR count). The highest BCUT2D eigenvalue weighted by atomic mass is 35.5. The number of alkyl halides is 1. The fourth-order valence-electron chi connectivity index (χ4n) is 2.44. The molecule has 0 spiro atoms. The number of hydrogen-bond donors (Lipinski definition) is 0. The van der Waals surface area contributed by atoms with Crippen molar-refractivity contribution in [1.82, 2.24) is 9.55 Å². The molecule has 0 radical (unpaired) electrons. The van der Waals surface area contributed by atoms with Crippen molar-refractivity contribution in [3.05, 3.63) is 65.5 Å². The number of nitrogens with zero attached hydrogens (tertiary/aromatic N) is 2. The molecule has 1 aromatic heterocycles. The second kappa shape index (κ2) is 6.15. The van der Waals surface area contributed by atoms with Crippen molar-refractivity contribution in [2.75, 3.05) is 0 Å². The van der Waals surface area contributed by atoms with E-state index in [2.05, 4.69) is 65.0 Å². The van der Waals surface area contributed by atoms with E-state index in [1.165, 1.54) is 5.52 Å². The minimum Gasteiger partial charge on any atom is -0.325 e. The molecule has 0 atom stereocenters. The summed E-state index contributed by atoms with van der Waals surface area (Å²) >= 11 is 5.81. The molecule has 0 N–H and O–H groups in total. The van der Waals surface area contributed by atoms with Crippen LogP contribution in [0, 0.1) is 0 Å². The van der Waals surface area contributed by atoms with Crippen LogP contribution in [0.1, 0.15) is 23.9 Å². The van der Waals surface area contributed by atoms with Gasteiger partial charge in [0, 0.05) is 12.4 Å². The highest BCUT2D eigenvalue weighted by Gasteiger charge is 2.05. The Morgan fingerprint density at radius 1 is 1.05 bits per heavy atom. The summed E-state index contributed by atoms with van der Waals surface area (Å²) in [5.74, 6) is 1.54. The van der Waals surface area contributed by atoms with Crippen LogP contribution in [0.15, 0.2) is 48.5 Å². The number of aromatic nitrogens is 2. The number of para-hydroxylation sites is 2. The fourth-order valence-corrected chi connectivity index (χ4v) is 2.62. The highest BCUT2D eigenvalue weighted by molar-refractivity contribution is 6.17. The molecule has 106 valence electrons. The van der Waals surface area contributed by atoms with Crippen LogP contribution >= 0.6 is 11.6 Å². The van der Waals surface area contributed by atoms with Crippen molar-refractivity contribution >= 4 is 34.8 Å². The first-order valence-electron chi connectivity index (χ1n) is 7.10. The minimum atomic E-state index is 0.551. The van der Waals surface area contributed by atoms with Crippen LogP contribution in [0.2, 0.25) is 0 Å². The van der Waals surface area contributed by atoms with Crippen LogP contribution < -0.4 is 0 Å². The lowest BCUT2D eigenvalue weighted by Gasteiger charge is -2.02. The van der Waals surface area contributed by atoms with Gasteiger partial charge in [0.1, 0.15) is 5.82 Å². The van der Waals surface area contributed by atoms with Gasteiger partial charge in [-0.15, -0.1) is 11.6 Å². The Labute approximate surface area is 129 Å². The number of benzene rings is 2. The summed E-state index contributed by atoms with van der Waals surface area (Å²) in [5.41, 5.74) is 4.50. The van der Waals surface area contributed by atoms with Crippen LogP contribution in [0.3, 0.4) is 0 Å². The van der Waals surface area contributed by atoms with Gasteiger partial charge in [-0.1, -0.05) is 42.5 Å². The standard InChI is InChI=1S/C18H17ClN2/c1-2-21-17-6-4-3-5-16(17)20-18(21)12-11-14-7-9-15(13-19)10-8-14/h3-12H,2,13H2,1H3/b12-11+. The average molecular weight is 297 g/mol. The maximum absolute atomic E-state index is 5.81. The van der Waals surface area contributed by atoms with E-state index in [0.717, 1.165) is 29.0 Å². The molecule has 2 aromatic carbocycles. The Balaban J connectivity index is 1.94. The van der Waals surface area contributed by atoms with Gasteiger partial charge in [-0.05, 0) is 36.3 Å². The predicted molar refractivity (Wildman–Crippen MR) is 90.3 cm³/mol. The second-order valence-electron chi connectivity index (χ2n) is 4.91. The minimum absolute atomic E-state index is 0.551. The number of aryl methyl sites for hydroxylation is 1. The van der Waals surface area contributed by atoms with E-state index in [-0.39, 0.29) is 0 Å². The molecule has 1 heterocycles. The molecule has 21 heavy (non-hydrogen) atoms. The summed E-state index contributed by atoms with van der Waals surface area (Å²) in [5, 5.41) is 0. The van der Waals surface area contributed by atoms with Gasteiger partial charge in [-0.3, -0.25) is 0 Å². The van der Waals surface area contributed by atoms with Crippen LogP contribution in [0.25, 0.3) is 23.2 Å². The Morgan fingerprint density at radius 3 is 2.52 bits per heavy atom. The van der Waals surface area contributed by atoms with Crippen LogP contribution in [-0.2, 0) is 12.4 Å². The van der Waals surface area contributed by atoms with Crippen molar-refractivity contribution in [3.63, 3.8) is 0 Å². The highest BCUT2D eigenvalue weighted by Crippen LogP contribution is 2.18. The molecular formula is C18H17ClN2. The molecule has 0 amide bonds. The summed E-state index contributed by atoms with van der Waals surface area (Å²) in [6, 6.07) is 16.5. The van der Waals surface area contributed by atoms with Gasteiger partial charge in [0.25, 0.3) is 0 Å². The monoisotopic (exact) mass is 296 g/mol. The molecule has 0 aliphatic heterocycles. The first kappa shape index (κ1) is 13.9. The molecule has 0 unspecified atom stereocenters. The number of rotatable bonds is 4. The number of halogens is 1.